The van der Waals surface area contributed by atoms with Crippen LogP contribution < -0.4 is 16.0 Å². The van der Waals surface area contributed by atoms with Crippen molar-refractivity contribution in [1.29, 1.82) is 5.41 Å². The average Bonchev–Trinajstić information content (AvgIpc) is 3.09. The van der Waals surface area contributed by atoms with Crippen LogP contribution in [0.1, 0.15) is 36.9 Å². The van der Waals surface area contributed by atoms with Crippen molar-refractivity contribution in [3.63, 3.8) is 0 Å². The molecule has 0 aromatic carbocycles. The average molecular weight is 393 g/mol. The third kappa shape index (κ3) is 4.71. The van der Waals surface area contributed by atoms with Crippen molar-refractivity contribution in [2.24, 2.45) is 0 Å². The molecule has 4 N–H and O–H groups in total. The number of amides is 2. The van der Waals surface area contributed by atoms with Gasteiger partial charge < -0.3 is 16.0 Å². The highest BCUT2D eigenvalue weighted by atomic mass is 16.2. The zero-order chi connectivity index (χ0) is 20.2. The van der Waals surface area contributed by atoms with Crippen LogP contribution in [0.5, 0.6) is 0 Å². The number of aryl methyl sites for hydroxylation is 1. The maximum atomic E-state index is 12.4. The third-order valence-corrected chi connectivity index (χ3v) is 5.65. The minimum absolute atomic E-state index is 0.175. The van der Waals surface area contributed by atoms with Crippen LogP contribution >= 0.6 is 0 Å². The van der Waals surface area contributed by atoms with Crippen LogP contribution in [0, 0.1) is 12.3 Å². The van der Waals surface area contributed by atoms with Gasteiger partial charge in [-0.1, -0.05) is 6.42 Å². The summed E-state index contributed by atoms with van der Waals surface area (Å²) in [5.74, 6) is 0.423. The Balaban J connectivity index is 1.35. The van der Waals surface area contributed by atoms with Crippen LogP contribution in [0.25, 0.3) is 0 Å². The van der Waals surface area contributed by atoms with Crippen molar-refractivity contribution < 1.29 is 4.79 Å². The molecule has 8 heteroatoms. The number of pyridine rings is 2. The van der Waals surface area contributed by atoms with Gasteiger partial charge in [-0.3, -0.25) is 15.2 Å². The summed E-state index contributed by atoms with van der Waals surface area (Å²) in [7, 11) is 0. The van der Waals surface area contributed by atoms with Gasteiger partial charge in [-0.2, -0.15) is 0 Å². The van der Waals surface area contributed by atoms with Gasteiger partial charge in [0.1, 0.15) is 5.82 Å². The number of carbonyl (C=O) groups excluding carboxylic acids is 1. The Morgan fingerprint density at radius 3 is 2.86 bits per heavy atom. The first kappa shape index (κ1) is 19.3. The van der Waals surface area contributed by atoms with Crippen molar-refractivity contribution in [2.45, 2.75) is 44.7 Å². The summed E-state index contributed by atoms with van der Waals surface area (Å²) in [6, 6.07) is 6.11. The van der Waals surface area contributed by atoms with Crippen LogP contribution in [0.3, 0.4) is 0 Å². The van der Waals surface area contributed by atoms with Gasteiger partial charge in [0.25, 0.3) is 0 Å². The lowest BCUT2D eigenvalue weighted by Crippen LogP contribution is -2.43. The van der Waals surface area contributed by atoms with Crippen molar-refractivity contribution in [2.75, 3.05) is 23.7 Å². The summed E-state index contributed by atoms with van der Waals surface area (Å²) in [4.78, 5) is 23.4. The maximum Gasteiger partial charge on any atom is 0.320 e. The molecule has 1 saturated carbocycles. The summed E-state index contributed by atoms with van der Waals surface area (Å²) in [6.07, 6.45) is 9.48. The largest absolute Gasteiger partial charge is 0.354 e. The van der Waals surface area contributed by atoms with Gasteiger partial charge >= 0.3 is 6.03 Å². The van der Waals surface area contributed by atoms with Crippen molar-refractivity contribution in [1.82, 2.24) is 20.2 Å². The lowest BCUT2D eigenvalue weighted by atomic mass is 9.92. The molecule has 2 aromatic heterocycles. The number of aromatic nitrogens is 2. The molecule has 2 amide bonds. The van der Waals surface area contributed by atoms with E-state index in [4.69, 9.17) is 5.41 Å². The monoisotopic (exact) mass is 393 g/mol. The summed E-state index contributed by atoms with van der Waals surface area (Å²) in [5.41, 5.74) is 3.11. The van der Waals surface area contributed by atoms with E-state index in [0.717, 1.165) is 30.9 Å². The van der Waals surface area contributed by atoms with Gasteiger partial charge in [-0.05, 0) is 44.4 Å². The molecule has 0 spiro atoms. The van der Waals surface area contributed by atoms with E-state index in [1.54, 1.807) is 18.5 Å². The van der Waals surface area contributed by atoms with Crippen LogP contribution in [0.15, 0.2) is 30.6 Å². The minimum atomic E-state index is -0.251. The first-order valence-corrected chi connectivity index (χ1v) is 10.1. The Morgan fingerprint density at radius 2 is 2.14 bits per heavy atom. The number of rotatable bonds is 6. The summed E-state index contributed by atoms with van der Waals surface area (Å²) in [5, 5.41) is 16.8. The van der Waals surface area contributed by atoms with E-state index in [1.807, 2.05) is 19.1 Å². The van der Waals surface area contributed by atoms with E-state index >= 15 is 0 Å². The van der Waals surface area contributed by atoms with Gasteiger partial charge in [-0.15, -0.1) is 0 Å². The summed E-state index contributed by atoms with van der Waals surface area (Å²) < 4.78 is 0. The van der Waals surface area contributed by atoms with Gasteiger partial charge in [0, 0.05) is 54.5 Å². The molecule has 1 aliphatic heterocycles. The van der Waals surface area contributed by atoms with Gasteiger partial charge in [0.2, 0.25) is 0 Å². The molecule has 2 fully saturated rings. The molecule has 1 saturated heterocycles. The predicted octanol–water partition coefficient (Wildman–Crippen LogP) is 3.27. The van der Waals surface area contributed by atoms with Crippen LogP contribution in [0.4, 0.5) is 22.0 Å². The number of anilines is 3. The highest BCUT2D eigenvalue weighted by Crippen LogP contribution is 2.28. The number of nitrogens with zero attached hydrogens (tertiary/aromatic N) is 3. The molecule has 0 bridgehead atoms. The highest BCUT2D eigenvalue weighted by molar-refractivity contribution is 5.92. The maximum absolute atomic E-state index is 12.4. The molecule has 4 rings (SSSR count). The minimum Gasteiger partial charge on any atom is -0.354 e. The molecule has 29 heavy (non-hydrogen) atoms. The van der Waals surface area contributed by atoms with E-state index in [2.05, 4.69) is 30.8 Å². The Hall–Kier alpha value is -3.00. The molecule has 1 atom stereocenters. The SMILES string of the molecule is Cc1cc(Nc2cnc(NC(=O)N[C@H]3CCN(C4CCC4)C3)cc2C=N)ccn1. The number of carbonyl (C=O) groups is 1. The fourth-order valence-corrected chi connectivity index (χ4v) is 3.87. The van der Waals surface area contributed by atoms with E-state index in [-0.39, 0.29) is 12.1 Å². The summed E-state index contributed by atoms with van der Waals surface area (Å²) >= 11 is 0. The van der Waals surface area contributed by atoms with Crippen LogP contribution in [0.2, 0.25) is 0 Å². The Labute approximate surface area is 170 Å². The van der Waals surface area contributed by atoms with E-state index in [1.165, 1.54) is 25.5 Å². The predicted molar refractivity (Wildman–Crippen MR) is 114 cm³/mol. The fourth-order valence-electron chi connectivity index (χ4n) is 3.87. The van der Waals surface area contributed by atoms with Gasteiger partial charge in [0.05, 0.1) is 11.9 Å². The topological polar surface area (TPSA) is 106 Å². The van der Waals surface area contributed by atoms with Crippen molar-refractivity contribution in [3.05, 3.63) is 41.9 Å². The number of likely N-dealkylation sites (tertiary alicyclic amines) is 1. The van der Waals surface area contributed by atoms with E-state index < -0.39 is 0 Å². The summed E-state index contributed by atoms with van der Waals surface area (Å²) in [6.45, 7) is 3.90. The van der Waals surface area contributed by atoms with E-state index in [9.17, 15) is 4.79 Å². The molecule has 3 heterocycles. The number of hydrogen-bond acceptors (Lipinski definition) is 6. The van der Waals surface area contributed by atoms with Gasteiger partial charge in [0.15, 0.2) is 0 Å². The zero-order valence-electron chi connectivity index (χ0n) is 16.6. The number of hydrogen-bond donors (Lipinski definition) is 4. The molecule has 1 aliphatic carbocycles. The van der Waals surface area contributed by atoms with Crippen molar-refractivity contribution in [3.8, 4) is 0 Å². The Bertz CT molecular complexity index is 896. The number of nitrogens with one attached hydrogen (secondary N) is 4. The molecule has 2 aromatic rings. The van der Waals surface area contributed by atoms with Gasteiger partial charge in [-0.25, -0.2) is 9.78 Å². The Kier molecular flexibility index (Phi) is 5.71. The molecule has 152 valence electrons. The van der Waals surface area contributed by atoms with Crippen LogP contribution in [-0.4, -0.2) is 52.3 Å². The zero-order valence-corrected chi connectivity index (χ0v) is 16.6. The fraction of sp³-hybridized carbons (Fsp3) is 0.429. The first-order valence-electron chi connectivity index (χ1n) is 10.1. The van der Waals surface area contributed by atoms with Crippen LogP contribution in [-0.2, 0) is 0 Å². The van der Waals surface area contributed by atoms with Crippen molar-refractivity contribution >= 4 is 29.4 Å². The van der Waals surface area contributed by atoms with E-state index in [0.29, 0.717) is 23.1 Å². The molecule has 2 aliphatic rings. The normalized spacial score (nSPS) is 19.4. The second kappa shape index (κ2) is 8.57. The lowest BCUT2D eigenvalue weighted by molar-refractivity contribution is 0.155. The standard InChI is InChI=1S/C21H27N7O/c1-14-9-16(5-7-23-14)25-19-12-24-20(10-15(19)11-22)27-21(29)26-17-6-8-28(13-17)18-3-2-4-18/h5,7,9-12,17-18,22H,2-4,6,8,13H2,1H3,(H,23,25)(H2,24,26,27,29)/t17-/m0/s1. The smallest absolute Gasteiger partial charge is 0.320 e. The molecule has 0 radical (unpaired) electrons. The molecular formula is C21H27N7O. The Morgan fingerprint density at radius 1 is 1.28 bits per heavy atom. The highest BCUT2D eigenvalue weighted by Gasteiger charge is 2.32. The quantitative estimate of drug-likeness (QED) is 0.564. The first-order chi connectivity index (χ1) is 14.1. The third-order valence-electron chi connectivity index (χ3n) is 5.65. The molecule has 0 unspecified atom stereocenters. The second-order valence-electron chi connectivity index (χ2n) is 7.78. The molecule has 8 nitrogen and oxygen atoms in total. The molecular weight excluding hydrogens is 366 g/mol. The lowest BCUT2D eigenvalue weighted by Gasteiger charge is -2.34. The second-order valence-corrected chi connectivity index (χ2v) is 7.78. The number of urea groups is 1.